The smallest absolute Gasteiger partial charge is 0.267 e. The first-order chi connectivity index (χ1) is 19.2. The Balaban J connectivity index is 1.23. The Hall–Kier alpha value is -4.12. The van der Waals surface area contributed by atoms with Crippen LogP contribution in [0.5, 0.6) is 0 Å². The highest BCUT2D eigenvalue weighted by molar-refractivity contribution is 7.19. The van der Waals surface area contributed by atoms with Crippen LogP contribution in [0.2, 0.25) is 0 Å². The van der Waals surface area contributed by atoms with E-state index in [2.05, 4.69) is 39.4 Å². The summed E-state index contributed by atoms with van der Waals surface area (Å²) in [6.45, 7) is 3.01. The summed E-state index contributed by atoms with van der Waals surface area (Å²) < 4.78 is 6.73. The summed E-state index contributed by atoms with van der Waals surface area (Å²) in [5.74, 6) is 1.15. The fraction of sp³-hybridized carbons (Fsp3) is 0.241. The van der Waals surface area contributed by atoms with E-state index in [4.69, 9.17) is 19.9 Å². The maximum absolute atomic E-state index is 11.2. The number of carbonyl (C=O) groups excluding carboxylic acids is 1. The third kappa shape index (κ3) is 5.53. The van der Waals surface area contributed by atoms with Gasteiger partial charge in [0.25, 0.3) is 5.91 Å². The lowest BCUT2D eigenvalue weighted by atomic mass is 10.1. The molecule has 198 valence electrons. The van der Waals surface area contributed by atoms with E-state index in [0.717, 1.165) is 70.4 Å². The van der Waals surface area contributed by atoms with E-state index >= 15 is 0 Å². The molecular formula is C29H28N6O3S. The minimum Gasteiger partial charge on any atom is -0.378 e. The van der Waals surface area contributed by atoms with Crippen LogP contribution in [0.4, 0.5) is 5.82 Å². The first-order valence-corrected chi connectivity index (χ1v) is 13.8. The van der Waals surface area contributed by atoms with Crippen LogP contribution in [-0.2, 0) is 22.4 Å². The summed E-state index contributed by atoms with van der Waals surface area (Å²) in [5.41, 5.74) is 6.66. The molecule has 1 fully saturated rings. The van der Waals surface area contributed by atoms with Gasteiger partial charge in [0.1, 0.15) is 0 Å². The number of carbonyl (C=O) groups is 1. The molecule has 0 bridgehead atoms. The number of hydrogen-bond donors (Lipinski definition) is 3. The van der Waals surface area contributed by atoms with Crippen molar-refractivity contribution in [2.24, 2.45) is 0 Å². The lowest BCUT2D eigenvalue weighted by Crippen LogP contribution is -2.36. The molecule has 1 aliphatic rings. The van der Waals surface area contributed by atoms with Gasteiger partial charge >= 0.3 is 0 Å². The molecule has 3 aromatic heterocycles. The highest BCUT2D eigenvalue weighted by Crippen LogP contribution is 2.36. The number of amides is 1. The zero-order valence-electron chi connectivity index (χ0n) is 21.3. The topological polar surface area (TPSA) is 116 Å². The van der Waals surface area contributed by atoms with Gasteiger partial charge in [-0.15, -0.1) is 11.3 Å². The number of hydroxylamine groups is 1. The van der Waals surface area contributed by atoms with Gasteiger partial charge in [0.2, 0.25) is 0 Å². The summed E-state index contributed by atoms with van der Waals surface area (Å²) in [4.78, 5) is 24.9. The van der Waals surface area contributed by atoms with Crippen LogP contribution < -0.4 is 10.4 Å². The normalized spacial score (nSPS) is 14.0. The number of morpholine rings is 1. The van der Waals surface area contributed by atoms with Crippen molar-refractivity contribution in [3.05, 3.63) is 76.8 Å². The zero-order valence-corrected chi connectivity index (χ0v) is 22.1. The zero-order chi connectivity index (χ0) is 26.6. The molecule has 4 heterocycles. The minimum absolute atomic E-state index is 0.547. The quantitative estimate of drug-likeness (QED) is 0.148. The number of hydrogen-bond acceptors (Lipinski definition) is 8. The average Bonchev–Trinajstić information content (AvgIpc) is 3.63. The average molecular weight is 541 g/mol. The monoisotopic (exact) mass is 540 g/mol. The van der Waals surface area contributed by atoms with Gasteiger partial charge in [0, 0.05) is 35.0 Å². The molecule has 39 heavy (non-hydrogen) atoms. The molecule has 10 heteroatoms. The molecule has 5 aromatic rings. The number of fused-ring (bicyclic) bond motifs is 2. The van der Waals surface area contributed by atoms with Gasteiger partial charge in [-0.3, -0.25) is 15.1 Å². The lowest BCUT2D eigenvalue weighted by molar-refractivity contribution is -0.124. The van der Waals surface area contributed by atoms with E-state index in [1.165, 1.54) is 16.5 Å². The number of nitrogens with one attached hydrogen (secondary N) is 2. The second kappa shape index (κ2) is 11.3. The van der Waals surface area contributed by atoms with Crippen LogP contribution in [0.25, 0.3) is 38.6 Å². The van der Waals surface area contributed by atoms with Crippen LogP contribution in [0.1, 0.15) is 22.4 Å². The fourth-order valence-corrected chi connectivity index (χ4v) is 5.99. The standard InChI is InChI=1S/C29H28N6O3S/c36-26(34-37)12-11-20-9-7-19(8-10-20)3-1-4-21-17-25-27(39-21)29(35-13-15-38-16-14-35)32-28(31-25)22-5-2-6-24-23(22)18-30-33-24/h2,5-12,17-18,37H,1,3-4,13-16H2,(H,30,33)(H,34,36)/b12-11+. The third-order valence-electron chi connectivity index (χ3n) is 6.85. The molecule has 2 aromatic carbocycles. The van der Waals surface area contributed by atoms with E-state index in [1.807, 2.05) is 30.5 Å². The maximum atomic E-state index is 11.2. The van der Waals surface area contributed by atoms with E-state index in [9.17, 15) is 4.79 Å². The number of ether oxygens (including phenoxy) is 1. The summed E-state index contributed by atoms with van der Waals surface area (Å²) in [5, 5.41) is 16.9. The van der Waals surface area contributed by atoms with Crippen molar-refractivity contribution in [2.45, 2.75) is 19.3 Å². The Morgan fingerprint density at radius 1 is 1.13 bits per heavy atom. The molecule has 0 aliphatic carbocycles. The second-order valence-electron chi connectivity index (χ2n) is 9.44. The van der Waals surface area contributed by atoms with Gasteiger partial charge in [0.15, 0.2) is 11.6 Å². The Bertz CT molecular complexity index is 1640. The van der Waals surface area contributed by atoms with Crippen molar-refractivity contribution in [3.63, 3.8) is 0 Å². The number of aromatic amines is 1. The van der Waals surface area contributed by atoms with Crippen LogP contribution in [0.15, 0.2) is 60.8 Å². The number of nitrogens with zero attached hydrogens (tertiary/aromatic N) is 4. The molecule has 6 rings (SSSR count). The van der Waals surface area contributed by atoms with E-state index in [-0.39, 0.29) is 0 Å². The molecule has 0 atom stereocenters. The summed E-state index contributed by atoms with van der Waals surface area (Å²) >= 11 is 1.78. The summed E-state index contributed by atoms with van der Waals surface area (Å²) in [7, 11) is 0. The molecule has 0 spiro atoms. The largest absolute Gasteiger partial charge is 0.378 e. The maximum Gasteiger partial charge on any atom is 0.267 e. The first kappa shape index (κ1) is 25.2. The Kier molecular flexibility index (Phi) is 7.31. The predicted molar refractivity (Wildman–Crippen MR) is 153 cm³/mol. The number of H-pyrrole nitrogens is 1. The van der Waals surface area contributed by atoms with Gasteiger partial charge in [-0.1, -0.05) is 36.4 Å². The van der Waals surface area contributed by atoms with Gasteiger partial charge < -0.3 is 9.64 Å². The predicted octanol–water partition coefficient (Wildman–Crippen LogP) is 4.77. The fourth-order valence-electron chi connectivity index (χ4n) is 4.83. The van der Waals surface area contributed by atoms with Crippen LogP contribution >= 0.6 is 11.3 Å². The van der Waals surface area contributed by atoms with Crippen molar-refractivity contribution in [2.75, 3.05) is 31.2 Å². The highest BCUT2D eigenvalue weighted by Gasteiger charge is 2.21. The first-order valence-electron chi connectivity index (χ1n) is 12.9. The van der Waals surface area contributed by atoms with Crippen LogP contribution in [0, 0.1) is 0 Å². The number of aryl methyl sites for hydroxylation is 2. The second-order valence-corrected chi connectivity index (χ2v) is 10.6. The number of thiophene rings is 1. The highest BCUT2D eigenvalue weighted by atomic mass is 32.1. The molecule has 1 amide bonds. The van der Waals surface area contributed by atoms with Crippen LogP contribution in [0.3, 0.4) is 0 Å². The van der Waals surface area contributed by atoms with Gasteiger partial charge in [-0.05, 0) is 48.6 Å². The SMILES string of the molecule is O=C(/C=C/c1ccc(CCCc2cc3nc(-c4cccc5[nH]ncc45)nc(N4CCOCC4)c3s2)cc1)NO. The molecule has 0 saturated carbocycles. The van der Waals surface area contributed by atoms with Crippen molar-refractivity contribution in [1.82, 2.24) is 25.6 Å². The Morgan fingerprint density at radius 3 is 2.79 bits per heavy atom. The van der Waals surface area contributed by atoms with Gasteiger partial charge in [-0.25, -0.2) is 15.4 Å². The van der Waals surface area contributed by atoms with E-state index < -0.39 is 5.91 Å². The molecule has 0 radical (unpaired) electrons. The van der Waals surface area contributed by atoms with Gasteiger partial charge in [0.05, 0.1) is 35.1 Å². The number of anilines is 1. The number of benzene rings is 2. The number of rotatable bonds is 8. The van der Waals surface area contributed by atoms with Crippen molar-refractivity contribution in [1.29, 1.82) is 0 Å². The summed E-state index contributed by atoms with van der Waals surface area (Å²) in [6, 6.07) is 16.4. The molecule has 1 saturated heterocycles. The van der Waals surface area contributed by atoms with Gasteiger partial charge in [-0.2, -0.15) is 5.10 Å². The third-order valence-corrected chi connectivity index (χ3v) is 8.03. The van der Waals surface area contributed by atoms with Crippen molar-refractivity contribution >= 4 is 50.3 Å². The molecule has 1 aliphatic heterocycles. The van der Waals surface area contributed by atoms with Crippen LogP contribution in [-0.4, -0.2) is 57.6 Å². The number of aromatic nitrogens is 4. The molecular weight excluding hydrogens is 512 g/mol. The molecule has 3 N–H and O–H groups in total. The Labute approximate surface area is 229 Å². The van der Waals surface area contributed by atoms with Crippen molar-refractivity contribution < 1.29 is 14.7 Å². The lowest BCUT2D eigenvalue weighted by Gasteiger charge is -2.28. The van der Waals surface area contributed by atoms with E-state index in [0.29, 0.717) is 19.0 Å². The summed E-state index contributed by atoms with van der Waals surface area (Å²) in [6.07, 6.45) is 7.71. The molecule has 0 unspecified atom stereocenters. The molecule has 9 nitrogen and oxygen atoms in total. The van der Waals surface area contributed by atoms with E-state index in [1.54, 1.807) is 22.9 Å². The Morgan fingerprint density at radius 2 is 1.97 bits per heavy atom. The minimum atomic E-state index is -0.547. The van der Waals surface area contributed by atoms with Crippen molar-refractivity contribution in [3.8, 4) is 11.4 Å².